The number of nitrogens with one attached hydrogen (secondary N) is 1. The Morgan fingerprint density at radius 1 is 1.03 bits per heavy atom. The molecule has 1 aliphatic rings. The fourth-order valence-electron chi connectivity index (χ4n) is 3.34. The summed E-state index contributed by atoms with van der Waals surface area (Å²) in [6.07, 6.45) is 2.19. The molecular formula is C23H21N3O4. The van der Waals surface area contributed by atoms with E-state index >= 15 is 0 Å². The van der Waals surface area contributed by atoms with Gasteiger partial charge in [-0.3, -0.25) is 19.3 Å². The number of oxazole rings is 1. The van der Waals surface area contributed by atoms with Crippen LogP contribution in [0.3, 0.4) is 0 Å². The number of carbonyl (C=O) groups is 3. The first-order valence-corrected chi connectivity index (χ1v) is 9.62. The highest BCUT2D eigenvalue weighted by Crippen LogP contribution is 2.25. The lowest BCUT2D eigenvalue weighted by atomic mass is 10.1. The number of hydrogen-bond acceptors (Lipinski definition) is 5. The van der Waals surface area contributed by atoms with Crippen LogP contribution in [0.2, 0.25) is 0 Å². The molecule has 0 unspecified atom stereocenters. The van der Waals surface area contributed by atoms with Crippen molar-refractivity contribution in [3.8, 4) is 11.3 Å². The summed E-state index contributed by atoms with van der Waals surface area (Å²) in [4.78, 5) is 41.7. The molecule has 0 saturated carbocycles. The lowest BCUT2D eigenvalue weighted by Gasteiger charge is -2.05. The van der Waals surface area contributed by atoms with Crippen molar-refractivity contribution in [2.75, 3.05) is 12.4 Å². The summed E-state index contributed by atoms with van der Waals surface area (Å²) in [7, 11) is 1.44. The second-order valence-corrected chi connectivity index (χ2v) is 7.40. The van der Waals surface area contributed by atoms with Gasteiger partial charge in [0, 0.05) is 31.1 Å². The lowest BCUT2D eigenvalue weighted by molar-refractivity contribution is -0.116. The number of amides is 3. The molecule has 0 radical (unpaired) electrons. The Morgan fingerprint density at radius 3 is 2.57 bits per heavy atom. The molecule has 30 heavy (non-hydrogen) atoms. The van der Waals surface area contributed by atoms with Gasteiger partial charge < -0.3 is 9.73 Å². The number of nitrogens with zero attached hydrogens (tertiary/aromatic N) is 2. The van der Waals surface area contributed by atoms with Crippen LogP contribution in [0.25, 0.3) is 11.3 Å². The maximum Gasteiger partial charge on any atom is 0.261 e. The molecule has 0 atom stereocenters. The van der Waals surface area contributed by atoms with E-state index in [1.54, 1.807) is 18.3 Å². The van der Waals surface area contributed by atoms with Crippen molar-refractivity contribution in [1.29, 1.82) is 0 Å². The van der Waals surface area contributed by atoms with E-state index in [0.29, 0.717) is 34.9 Å². The minimum absolute atomic E-state index is 0.177. The lowest BCUT2D eigenvalue weighted by Crippen LogP contribution is -2.24. The normalized spacial score (nSPS) is 13.0. The Morgan fingerprint density at radius 2 is 1.80 bits per heavy atom. The van der Waals surface area contributed by atoms with Crippen molar-refractivity contribution in [3.05, 3.63) is 70.7 Å². The second-order valence-electron chi connectivity index (χ2n) is 7.40. The van der Waals surface area contributed by atoms with E-state index in [1.807, 2.05) is 25.1 Å². The molecule has 0 saturated heterocycles. The van der Waals surface area contributed by atoms with Crippen LogP contribution in [-0.4, -0.2) is 34.7 Å². The minimum Gasteiger partial charge on any atom is -0.441 e. The van der Waals surface area contributed by atoms with Crippen LogP contribution in [0.4, 0.5) is 5.69 Å². The Labute approximate surface area is 173 Å². The molecule has 0 bridgehead atoms. The van der Waals surface area contributed by atoms with Crippen molar-refractivity contribution in [1.82, 2.24) is 9.88 Å². The number of aromatic nitrogens is 1. The monoisotopic (exact) mass is 403 g/mol. The second kappa shape index (κ2) is 7.59. The van der Waals surface area contributed by atoms with Crippen molar-refractivity contribution in [2.24, 2.45) is 0 Å². The van der Waals surface area contributed by atoms with Gasteiger partial charge in [0.25, 0.3) is 11.8 Å². The maximum atomic E-state index is 12.3. The molecule has 4 rings (SSSR count). The average molecular weight is 403 g/mol. The summed E-state index contributed by atoms with van der Waals surface area (Å²) in [5.74, 6) is 0.210. The molecule has 3 aromatic rings. The number of anilines is 1. The Hall–Kier alpha value is -3.74. The summed E-state index contributed by atoms with van der Waals surface area (Å²) < 4.78 is 5.78. The van der Waals surface area contributed by atoms with Gasteiger partial charge in [0.05, 0.1) is 17.3 Å². The van der Waals surface area contributed by atoms with Gasteiger partial charge in [-0.1, -0.05) is 12.1 Å². The first kappa shape index (κ1) is 19.6. The maximum absolute atomic E-state index is 12.3. The average Bonchev–Trinajstić information content (AvgIpc) is 3.28. The third kappa shape index (κ3) is 3.61. The van der Waals surface area contributed by atoms with Gasteiger partial charge in [-0.05, 0) is 49.2 Å². The molecule has 2 heterocycles. The van der Waals surface area contributed by atoms with Gasteiger partial charge in [-0.25, -0.2) is 4.98 Å². The molecule has 7 heteroatoms. The quantitative estimate of drug-likeness (QED) is 0.655. The highest BCUT2D eigenvalue weighted by Gasteiger charge is 2.32. The van der Waals surface area contributed by atoms with E-state index in [1.165, 1.54) is 24.2 Å². The first-order chi connectivity index (χ1) is 14.3. The molecule has 1 aromatic heterocycles. The van der Waals surface area contributed by atoms with E-state index in [2.05, 4.69) is 17.2 Å². The summed E-state index contributed by atoms with van der Waals surface area (Å²) in [6.45, 7) is 4.09. The minimum atomic E-state index is -0.371. The number of imide groups is 1. The number of carbonyl (C=O) groups excluding carboxylic acids is 3. The zero-order valence-electron chi connectivity index (χ0n) is 17.0. The van der Waals surface area contributed by atoms with Gasteiger partial charge in [-0.2, -0.15) is 0 Å². The molecule has 3 amide bonds. The zero-order valence-corrected chi connectivity index (χ0v) is 17.0. The van der Waals surface area contributed by atoms with Crippen LogP contribution in [0, 0.1) is 13.8 Å². The number of fused-ring (bicyclic) bond motifs is 1. The Bertz CT molecular complexity index is 1180. The number of rotatable bonds is 5. The topological polar surface area (TPSA) is 92.5 Å². The van der Waals surface area contributed by atoms with Crippen molar-refractivity contribution in [2.45, 2.75) is 26.7 Å². The fourth-order valence-corrected chi connectivity index (χ4v) is 3.34. The first-order valence-electron chi connectivity index (χ1n) is 9.62. The Kier molecular flexibility index (Phi) is 4.95. The van der Waals surface area contributed by atoms with Crippen molar-refractivity contribution < 1.29 is 18.8 Å². The summed E-state index contributed by atoms with van der Waals surface area (Å²) in [5, 5.41) is 2.75. The van der Waals surface area contributed by atoms with E-state index in [9.17, 15) is 14.4 Å². The van der Waals surface area contributed by atoms with Gasteiger partial charge in [0.1, 0.15) is 0 Å². The number of hydrogen-bond donors (Lipinski definition) is 1. The molecule has 152 valence electrons. The third-order valence-corrected chi connectivity index (χ3v) is 5.28. The van der Waals surface area contributed by atoms with Gasteiger partial charge in [0.15, 0.2) is 11.7 Å². The highest BCUT2D eigenvalue weighted by atomic mass is 16.4. The predicted molar refractivity (Wildman–Crippen MR) is 111 cm³/mol. The molecular weight excluding hydrogens is 382 g/mol. The van der Waals surface area contributed by atoms with Crippen LogP contribution in [-0.2, 0) is 11.2 Å². The Balaban J connectivity index is 1.38. The summed E-state index contributed by atoms with van der Waals surface area (Å²) in [5.41, 5.74) is 4.44. The predicted octanol–water partition coefficient (Wildman–Crippen LogP) is 3.76. The third-order valence-electron chi connectivity index (χ3n) is 5.28. The van der Waals surface area contributed by atoms with Crippen LogP contribution in [0.1, 0.15) is 44.2 Å². The largest absolute Gasteiger partial charge is 0.441 e. The van der Waals surface area contributed by atoms with E-state index < -0.39 is 0 Å². The van der Waals surface area contributed by atoms with Crippen LogP contribution >= 0.6 is 0 Å². The van der Waals surface area contributed by atoms with Gasteiger partial charge in [0.2, 0.25) is 5.91 Å². The van der Waals surface area contributed by atoms with E-state index in [-0.39, 0.29) is 24.1 Å². The highest BCUT2D eigenvalue weighted by molar-refractivity contribution is 6.21. The van der Waals surface area contributed by atoms with Crippen molar-refractivity contribution in [3.63, 3.8) is 0 Å². The van der Waals surface area contributed by atoms with Gasteiger partial charge >= 0.3 is 0 Å². The van der Waals surface area contributed by atoms with Crippen LogP contribution in [0.15, 0.2) is 47.0 Å². The fraction of sp³-hybridized carbons (Fsp3) is 0.217. The molecule has 0 spiro atoms. The van der Waals surface area contributed by atoms with Crippen LogP contribution in [0.5, 0.6) is 0 Å². The number of benzene rings is 2. The molecule has 0 fully saturated rings. The SMILES string of the molecule is Cc1ccc(-c2cnc(CCC(=O)Nc3ccc4c(c3)C(=O)N(C)C4=O)o2)cc1C. The number of aryl methyl sites for hydroxylation is 3. The smallest absolute Gasteiger partial charge is 0.261 e. The zero-order chi connectivity index (χ0) is 21.4. The van der Waals surface area contributed by atoms with Gasteiger partial charge in [-0.15, -0.1) is 0 Å². The van der Waals surface area contributed by atoms with Crippen LogP contribution < -0.4 is 5.32 Å². The molecule has 2 aromatic carbocycles. The summed E-state index contributed by atoms with van der Waals surface area (Å²) in [6, 6.07) is 10.8. The molecule has 7 nitrogen and oxygen atoms in total. The molecule has 0 aliphatic carbocycles. The molecule has 1 N–H and O–H groups in total. The van der Waals surface area contributed by atoms with Crippen molar-refractivity contribution >= 4 is 23.4 Å². The van der Waals surface area contributed by atoms with E-state index in [0.717, 1.165) is 10.5 Å². The standard InChI is InChI=1S/C23H21N3O4/c1-13-4-5-15(10-14(13)2)19-12-24-21(30-19)9-8-20(27)25-16-6-7-17-18(11-16)23(29)26(3)22(17)28/h4-7,10-12H,8-9H2,1-3H3,(H,25,27). The summed E-state index contributed by atoms with van der Waals surface area (Å²) >= 11 is 0. The van der Waals surface area contributed by atoms with E-state index in [4.69, 9.17) is 4.42 Å². The molecule has 1 aliphatic heterocycles.